The second kappa shape index (κ2) is 8.43. The summed E-state index contributed by atoms with van der Waals surface area (Å²) in [4.78, 5) is 37.1. The van der Waals surface area contributed by atoms with Gasteiger partial charge in [-0.1, -0.05) is 32.4 Å². The normalized spacial score (nSPS) is 43.9. The highest BCUT2D eigenvalue weighted by Gasteiger charge is 2.68. The van der Waals surface area contributed by atoms with E-state index in [4.69, 9.17) is 9.47 Å². The average Bonchev–Trinajstić information content (AvgIpc) is 3.03. The minimum absolute atomic E-state index is 0.0104. The van der Waals surface area contributed by atoms with E-state index < -0.39 is 40.9 Å². The van der Waals surface area contributed by atoms with Crippen LogP contribution < -0.4 is 0 Å². The molecule has 0 spiro atoms. The van der Waals surface area contributed by atoms with Gasteiger partial charge in [0, 0.05) is 23.9 Å². The van der Waals surface area contributed by atoms with E-state index in [0.29, 0.717) is 12.8 Å². The Kier molecular flexibility index (Phi) is 6.21. The van der Waals surface area contributed by atoms with Crippen LogP contribution in [0, 0.1) is 34.5 Å². The van der Waals surface area contributed by atoms with Crippen LogP contribution >= 0.6 is 0 Å². The molecule has 8 atom stereocenters. The Morgan fingerprint density at radius 3 is 2.70 bits per heavy atom. The molecule has 0 bridgehead atoms. The number of methoxy groups -OCH3 is 1. The first kappa shape index (κ1) is 24.3. The molecule has 4 aliphatic rings. The van der Waals surface area contributed by atoms with E-state index in [9.17, 15) is 24.6 Å². The number of aliphatic hydroxyl groups excluding tert-OH is 1. The first-order valence-electron chi connectivity index (χ1n) is 12.0. The lowest BCUT2D eigenvalue weighted by Crippen LogP contribution is -2.62. The van der Waals surface area contributed by atoms with Crippen molar-refractivity contribution in [3.05, 3.63) is 23.8 Å². The molecule has 4 aliphatic carbocycles. The van der Waals surface area contributed by atoms with Crippen molar-refractivity contribution in [1.29, 1.82) is 0 Å². The number of esters is 1. The lowest BCUT2D eigenvalue weighted by atomic mass is 9.45. The third-order valence-electron chi connectivity index (χ3n) is 9.30. The van der Waals surface area contributed by atoms with Crippen molar-refractivity contribution in [3.8, 4) is 0 Å². The van der Waals surface area contributed by atoms with Crippen LogP contribution in [0.2, 0.25) is 0 Å². The van der Waals surface area contributed by atoms with Crippen LogP contribution in [-0.2, 0) is 23.9 Å². The molecule has 0 amide bonds. The number of fused-ring (bicyclic) bond motifs is 5. The summed E-state index contributed by atoms with van der Waals surface area (Å²) in [5.41, 5.74) is -1.80. The molecule has 0 saturated heterocycles. The van der Waals surface area contributed by atoms with Crippen molar-refractivity contribution in [1.82, 2.24) is 0 Å². The van der Waals surface area contributed by atoms with Gasteiger partial charge in [-0.2, -0.15) is 0 Å². The highest BCUT2D eigenvalue weighted by molar-refractivity contribution is 6.01. The van der Waals surface area contributed by atoms with Gasteiger partial charge >= 0.3 is 5.97 Å². The van der Waals surface area contributed by atoms with E-state index in [2.05, 4.69) is 13.8 Å². The van der Waals surface area contributed by atoms with Gasteiger partial charge in [0.1, 0.15) is 5.60 Å². The molecule has 2 N–H and O–H groups in total. The summed E-state index contributed by atoms with van der Waals surface area (Å²) in [5, 5.41) is 23.1. The van der Waals surface area contributed by atoms with Crippen molar-refractivity contribution in [2.75, 3.05) is 20.3 Å². The number of ketones is 2. The third kappa shape index (κ3) is 3.63. The number of hydrogen-bond donors (Lipinski definition) is 2. The monoisotopic (exact) mass is 460 g/mol. The van der Waals surface area contributed by atoms with Crippen LogP contribution in [0.1, 0.15) is 52.9 Å². The number of aliphatic hydroxyl groups is 2. The quantitative estimate of drug-likeness (QED) is 0.586. The largest absolute Gasteiger partial charge is 0.457 e. The standard InChI is InChI=1S/C26H36O7/c1-15-11-17-18-6-9-26(31,21(29)14-33-22(30)7-10-32-4)25(18,3)13-20(28)23(17)24(2)8-5-16(27)12-19(15)24/h5,8,12,15,17-18,20,23,28,31H,6-7,9-11,13-14H2,1-4H3/t15-,17-,18-,20-,23+,24-,25-,26-/m0/s1. The van der Waals surface area contributed by atoms with Gasteiger partial charge in [-0.05, 0) is 55.6 Å². The Morgan fingerprint density at radius 2 is 2.00 bits per heavy atom. The smallest absolute Gasteiger partial charge is 0.308 e. The molecule has 0 unspecified atom stereocenters. The molecule has 7 nitrogen and oxygen atoms in total. The Labute approximate surface area is 195 Å². The molecular formula is C26H36O7. The number of allylic oxidation sites excluding steroid dienone is 4. The van der Waals surface area contributed by atoms with Gasteiger partial charge in [-0.25, -0.2) is 0 Å². The van der Waals surface area contributed by atoms with Gasteiger partial charge in [0.15, 0.2) is 12.4 Å². The van der Waals surface area contributed by atoms with E-state index in [0.717, 1.165) is 12.0 Å². The topological polar surface area (TPSA) is 110 Å². The van der Waals surface area contributed by atoms with E-state index >= 15 is 0 Å². The van der Waals surface area contributed by atoms with Crippen molar-refractivity contribution in [2.24, 2.45) is 34.5 Å². The van der Waals surface area contributed by atoms with Crippen molar-refractivity contribution < 1.29 is 34.1 Å². The summed E-state index contributed by atoms with van der Waals surface area (Å²) in [6, 6.07) is 0. The van der Waals surface area contributed by atoms with E-state index in [1.807, 2.05) is 13.0 Å². The highest BCUT2D eigenvalue weighted by Crippen LogP contribution is 2.67. The Balaban J connectivity index is 1.59. The van der Waals surface area contributed by atoms with Gasteiger partial charge in [-0.15, -0.1) is 0 Å². The fourth-order valence-corrected chi connectivity index (χ4v) is 7.74. The second-order valence-corrected chi connectivity index (χ2v) is 11.0. The average molecular weight is 461 g/mol. The van der Waals surface area contributed by atoms with Gasteiger partial charge in [0.05, 0.1) is 19.1 Å². The zero-order chi connectivity index (χ0) is 24.2. The minimum atomic E-state index is -1.65. The minimum Gasteiger partial charge on any atom is -0.457 e. The maximum Gasteiger partial charge on any atom is 0.308 e. The molecule has 3 saturated carbocycles. The molecule has 33 heavy (non-hydrogen) atoms. The fraction of sp³-hybridized carbons (Fsp3) is 0.731. The van der Waals surface area contributed by atoms with E-state index in [1.54, 1.807) is 12.2 Å². The van der Waals surface area contributed by atoms with Crippen molar-refractivity contribution >= 4 is 17.5 Å². The number of hydrogen-bond acceptors (Lipinski definition) is 7. The van der Waals surface area contributed by atoms with Crippen LogP contribution in [-0.4, -0.2) is 59.8 Å². The van der Waals surface area contributed by atoms with E-state index in [-0.39, 0.29) is 48.9 Å². The zero-order valence-corrected chi connectivity index (χ0v) is 20.0. The predicted octanol–water partition coefficient (Wildman–Crippen LogP) is 2.39. The van der Waals surface area contributed by atoms with Crippen LogP contribution in [0.15, 0.2) is 23.8 Å². The summed E-state index contributed by atoms with van der Waals surface area (Å²) in [6.07, 6.45) is 6.67. The molecule has 182 valence electrons. The maximum atomic E-state index is 13.2. The predicted molar refractivity (Wildman–Crippen MR) is 120 cm³/mol. The zero-order valence-electron chi connectivity index (χ0n) is 20.0. The SMILES string of the molecule is COCCC(=O)OCC(=O)[C@@]1(O)CC[C@H]2[C@@H]3C[C@H](C)C4=CC(=O)C=C[C@]4(C)[C@H]3[C@@H](O)C[C@@]21C. The first-order valence-corrected chi connectivity index (χ1v) is 12.0. The number of ether oxygens (including phenoxy) is 2. The summed E-state index contributed by atoms with van der Waals surface area (Å²) < 4.78 is 9.97. The lowest BCUT2D eigenvalue weighted by molar-refractivity contribution is -0.182. The Bertz CT molecular complexity index is 906. The Morgan fingerprint density at radius 1 is 1.27 bits per heavy atom. The number of carbonyl (C=O) groups is 3. The molecule has 4 rings (SSSR count). The van der Waals surface area contributed by atoms with Crippen LogP contribution in [0.5, 0.6) is 0 Å². The van der Waals surface area contributed by atoms with Gasteiger partial charge in [0.25, 0.3) is 0 Å². The molecule has 0 aromatic rings. The molecule has 0 aliphatic heterocycles. The van der Waals surface area contributed by atoms with Gasteiger partial charge in [0.2, 0.25) is 5.78 Å². The van der Waals surface area contributed by atoms with Crippen LogP contribution in [0.25, 0.3) is 0 Å². The Hall–Kier alpha value is -1.83. The summed E-state index contributed by atoms with van der Waals surface area (Å²) in [5.74, 6) is -0.788. The number of carbonyl (C=O) groups excluding carboxylic acids is 3. The summed E-state index contributed by atoms with van der Waals surface area (Å²) in [6.45, 7) is 5.87. The lowest BCUT2D eigenvalue weighted by Gasteiger charge is -2.60. The summed E-state index contributed by atoms with van der Waals surface area (Å²) in [7, 11) is 1.48. The highest BCUT2D eigenvalue weighted by atomic mass is 16.5. The molecule has 0 aromatic carbocycles. The van der Waals surface area contributed by atoms with E-state index in [1.165, 1.54) is 7.11 Å². The summed E-state index contributed by atoms with van der Waals surface area (Å²) >= 11 is 0. The molecule has 0 aromatic heterocycles. The number of rotatable bonds is 6. The van der Waals surface area contributed by atoms with Gasteiger partial charge in [-0.3, -0.25) is 14.4 Å². The van der Waals surface area contributed by atoms with Crippen molar-refractivity contribution in [2.45, 2.75) is 64.6 Å². The second-order valence-electron chi connectivity index (χ2n) is 11.0. The number of Topliss-reactive ketones (excluding diaryl/α,β-unsaturated/α-hetero) is 1. The van der Waals surface area contributed by atoms with Gasteiger partial charge < -0.3 is 19.7 Å². The molecular weight excluding hydrogens is 424 g/mol. The maximum absolute atomic E-state index is 13.2. The molecule has 3 fully saturated rings. The first-order chi connectivity index (χ1) is 15.5. The molecule has 0 radical (unpaired) electrons. The molecule has 7 heteroatoms. The third-order valence-corrected chi connectivity index (χ3v) is 9.30. The van der Waals surface area contributed by atoms with Crippen LogP contribution in [0.4, 0.5) is 0 Å². The van der Waals surface area contributed by atoms with Crippen LogP contribution in [0.3, 0.4) is 0 Å². The van der Waals surface area contributed by atoms with Crippen molar-refractivity contribution in [3.63, 3.8) is 0 Å². The fourth-order valence-electron chi connectivity index (χ4n) is 7.74. The molecule has 0 heterocycles.